The van der Waals surface area contributed by atoms with Gasteiger partial charge in [0, 0.05) is 0 Å². The summed E-state index contributed by atoms with van der Waals surface area (Å²) in [5.74, 6) is -0.414. The lowest BCUT2D eigenvalue weighted by Crippen LogP contribution is -2.01. The Balaban J connectivity index is 2.75. The van der Waals surface area contributed by atoms with Gasteiger partial charge in [0.05, 0.1) is 5.56 Å². The largest absolute Gasteiger partial charge is 0.371 e. The summed E-state index contributed by atoms with van der Waals surface area (Å²) in [5.41, 5.74) is 1.62. The van der Waals surface area contributed by atoms with Gasteiger partial charge < -0.3 is 4.18 Å². The summed E-state index contributed by atoms with van der Waals surface area (Å²) < 4.78 is 4.52. The third-order valence-corrected chi connectivity index (χ3v) is 1.66. The van der Waals surface area contributed by atoms with E-state index in [4.69, 9.17) is 5.14 Å². The number of hydrogen-bond acceptors (Lipinski definition) is 4. The molecule has 64 valence electrons. The van der Waals surface area contributed by atoms with Crippen LogP contribution in [0.5, 0.6) is 0 Å². The SMILES string of the molecule is Cc1ccc(C(=O)OSN)cc1. The second-order valence-corrected chi connectivity index (χ2v) is 2.69. The van der Waals surface area contributed by atoms with Gasteiger partial charge in [-0.3, -0.25) is 0 Å². The zero-order chi connectivity index (χ0) is 8.97. The highest BCUT2D eigenvalue weighted by atomic mass is 32.2. The number of rotatable bonds is 2. The highest BCUT2D eigenvalue weighted by Gasteiger charge is 2.05. The monoisotopic (exact) mass is 183 g/mol. The van der Waals surface area contributed by atoms with E-state index in [1.165, 1.54) is 0 Å². The molecule has 0 radical (unpaired) electrons. The van der Waals surface area contributed by atoms with Gasteiger partial charge in [-0.25, -0.2) is 9.93 Å². The minimum absolute atomic E-state index is 0.414. The maximum Gasteiger partial charge on any atom is 0.351 e. The first-order valence-corrected chi connectivity index (χ1v) is 4.19. The predicted molar refractivity (Wildman–Crippen MR) is 48.4 cm³/mol. The van der Waals surface area contributed by atoms with Crippen LogP contribution in [0.3, 0.4) is 0 Å². The van der Waals surface area contributed by atoms with Crippen molar-refractivity contribution in [1.82, 2.24) is 0 Å². The Hall–Kier alpha value is -1.00. The van der Waals surface area contributed by atoms with E-state index >= 15 is 0 Å². The lowest BCUT2D eigenvalue weighted by atomic mass is 10.2. The highest BCUT2D eigenvalue weighted by molar-refractivity contribution is 7.92. The van der Waals surface area contributed by atoms with Crippen molar-refractivity contribution in [3.8, 4) is 0 Å². The van der Waals surface area contributed by atoms with E-state index in [1.54, 1.807) is 12.1 Å². The van der Waals surface area contributed by atoms with Crippen molar-refractivity contribution in [2.24, 2.45) is 5.14 Å². The molecule has 0 saturated heterocycles. The fourth-order valence-electron chi connectivity index (χ4n) is 0.781. The molecule has 12 heavy (non-hydrogen) atoms. The minimum Gasteiger partial charge on any atom is -0.371 e. The normalized spacial score (nSPS) is 9.50. The van der Waals surface area contributed by atoms with Crippen molar-refractivity contribution >= 4 is 18.2 Å². The Labute approximate surface area is 75.2 Å². The van der Waals surface area contributed by atoms with Gasteiger partial charge in [0.15, 0.2) is 0 Å². The van der Waals surface area contributed by atoms with E-state index in [0.717, 1.165) is 5.56 Å². The lowest BCUT2D eigenvalue weighted by Gasteiger charge is -1.98. The molecule has 0 heterocycles. The Morgan fingerprint density at radius 3 is 2.50 bits per heavy atom. The van der Waals surface area contributed by atoms with Gasteiger partial charge >= 0.3 is 5.97 Å². The summed E-state index contributed by atoms with van der Waals surface area (Å²) in [6.07, 6.45) is 0. The summed E-state index contributed by atoms with van der Waals surface area (Å²) in [4.78, 5) is 11.0. The van der Waals surface area contributed by atoms with Crippen LogP contribution in [-0.2, 0) is 4.18 Å². The van der Waals surface area contributed by atoms with Crippen molar-refractivity contribution < 1.29 is 8.98 Å². The van der Waals surface area contributed by atoms with Crippen LogP contribution in [0.25, 0.3) is 0 Å². The van der Waals surface area contributed by atoms with Gasteiger partial charge in [0.2, 0.25) is 0 Å². The molecule has 1 aromatic rings. The van der Waals surface area contributed by atoms with Crippen LogP contribution >= 0.6 is 12.2 Å². The Morgan fingerprint density at radius 2 is 2.00 bits per heavy atom. The van der Waals surface area contributed by atoms with E-state index in [2.05, 4.69) is 4.18 Å². The molecule has 0 aromatic heterocycles. The summed E-state index contributed by atoms with van der Waals surface area (Å²) >= 11 is 0.559. The first-order valence-electron chi connectivity index (χ1n) is 3.38. The molecule has 0 spiro atoms. The first-order chi connectivity index (χ1) is 5.74. The number of aryl methyl sites for hydroxylation is 1. The number of nitrogens with two attached hydrogens (primary N) is 1. The molecule has 0 aliphatic heterocycles. The molecular formula is C8H9NO2S. The van der Waals surface area contributed by atoms with E-state index in [1.807, 2.05) is 19.1 Å². The number of carbonyl (C=O) groups is 1. The number of benzene rings is 1. The molecule has 0 fully saturated rings. The zero-order valence-electron chi connectivity index (χ0n) is 6.61. The Kier molecular flexibility index (Phi) is 3.13. The van der Waals surface area contributed by atoms with E-state index < -0.39 is 5.97 Å². The second-order valence-electron chi connectivity index (χ2n) is 2.33. The maximum atomic E-state index is 11.0. The van der Waals surface area contributed by atoms with Crippen LogP contribution in [0.2, 0.25) is 0 Å². The molecule has 1 aromatic carbocycles. The lowest BCUT2D eigenvalue weighted by molar-refractivity contribution is 0.0768. The molecule has 0 saturated carbocycles. The Bertz CT molecular complexity index is 271. The topological polar surface area (TPSA) is 52.3 Å². The average Bonchev–Trinajstić information content (AvgIpc) is 2.06. The number of carbonyl (C=O) groups excluding carboxylic acids is 1. The van der Waals surface area contributed by atoms with Crippen molar-refractivity contribution in [3.05, 3.63) is 35.4 Å². The van der Waals surface area contributed by atoms with Crippen LogP contribution in [-0.4, -0.2) is 5.97 Å². The van der Waals surface area contributed by atoms with Crippen LogP contribution in [0.15, 0.2) is 24.3 Å². The van der Waals surface area contributed by atoms with Gasteiger partial charge in [-0.15, -0.1) is 0 Å². The van der Waals surface area contributed by atoms with Gasteiger partial charge in [-0.1, -0.05) is 17.7 Å². The summed E-state index contributed by atoms with van der Waals surface area (Å²) in [5, 5.41) is 4.97. The maximum absolute atomic E-state index is 11.0. The molecule has 2 N–H and O–H groups in total. The van der Waals surface area contributed by atoms with Gasteiger partial charge in [-0.2, -0.15) is 0 Å². The van der Waals surface area contributed by atoms with Gasteiger partial charge in [-0.05, 0) is 19.1 Å². The summed E-state index contributed by atoms with van der Waals surface area (Å²) in [6.45, 7) is 1.95. The van der Waals surface area contributed by atoms with Crippen molar-refractivity contribution in [2.45, 2.75) is 6.92 Å². The smallest absolute Gasteiger partial charge is 0.351 e. The first kappa shape index (κ1) is 9.09. The molecule has 0 amide bonds. The molecule has 1 rings (SSSR count). The van der Waals surface area contributed by atoms with Gasteiger partial charge in [0.1, 0.15) is 12.2 Å². The Morgan fingerprint density at radius 1 is 1.42 bits per heavy atom. The average molecular weight is 183 g/mol. The highest BCUT2D eigenvalue weighted by Crippen LogP contribution is 2.06. The standard InChI is InChI=1S/C8H9NO2S/c1-6-2-4-7(5-3-6)8(10)11-12-9/h2-5H,9H2,1H3. The molecule has 0 aliphatic carbocycles. The van der Waals surface area contributed by atoms with Crippen LogP contribution in [0.4, 0.5) is 0 Å². The van der Waals surface area contributed by atoms with E-state index in [9.17, 15) is 4.79 Å². The molecular weight excluding hydrogens is 174 g/mol. The molecule has 0 atom stereocenters. The molecule has 3 nitrogen and oxygen atoms in total. The summed E-state index contributed by atoms with van der Waals surface area (Å²) in [6, 6.07) is 7.09. The molecule has 4 heteroatoms. The molecule has 0 unspecified atom stereocenters. The van der Waals surface area contributed by atoms with Crippen molar-refractivity contribution in [2.75, 3.05) is 0 Å². The summed E-state index contributed by atoms with van der Waals surface area (Å²) in [7, 11) is 0. The van der Waals surface area contributed by atoms with E-state index in [-0.39, 0.29) is 0 Å². The number of hydrogen-bond donors (Lipinski definition) is 1. The van der Waals surface area contributed by atoms with E-state index in [0.29, 0.717) is 17.8 Å². The van der Waals surface area contributed by atoms with Crippen LogP contribution in [0.1, 0.15) is 15.9 Å². The fourth-order valence-corrected chi connectivity index (χ4v) is 0.965. The minimum atomic E-state index is -0.414. The molecule has 0 bridgehead atoms. The van der Waals surface area contributed by atoms with Gasteiger partial charge in [0.25, 0.3) is 0 Å². The molecule has 0 aliphatic rings. The quantitative estimate of drug-likeness (QED) is 0.559. The van der Waals surface area contributed by atoms with Crippen molar-refractivity contribution in [3.63, 3.8) is 0 Å². The fraction of sp³-hybridized carbons (Fsp3) is 0.125. The zero-order valence-corrected chi connectivity index (χ0v) is 7.43. The predicted octanol–water partition coefficient (Wildman–Crippen LogP) is 1.67. The van der Waals surface area contributed by atoms with Crippen LogP contribution in [0, 0.1) is 6.92 Å². The second kappa shape index (κ2) is 4.13. The third-order valence-electron chi connectivity index (χ3n) is 1.41. The van der Waals surface area contributed by atoms with Crippen LogP contribution < -0.4 is 5.14 Å². The van der Waals surface area contributed by atoms with Crippen molar-refractivity contribution in [1.29, 1.82) is 0 Å². The third kappa shape index (κ3) is 2.25.